The van der Waals surface area contributed by atoms with Crippen molar-refractivity contribution in [3.63, 3.8) is 0 Å². The molecule has 0 radical (unpaired) electrons. The number of furan rings is 1. The summed E-state index contributed by atoms with van der Waals surface area (Å²) in [6.07, 6.45) is 0.577. The standard InChI is InChI=1S/C15H17NO4S/c1-15(2,3)16-21(18,19)14-7-5-4-6-12(14)13-9-8-11(10-17)20-13/h4-10,16H,1-3H3. The number of carbonyl (C=O) groups excluding carboxylic acids is 1. The summed E-state index contributed by atoms with van der Waals surface area (Å²) in [6, 6.07) is 9.59. The van der Waals surface area contributed by atoms with E-state index in [0.717, 1.165) is 0 Å². The highest BCUT2D eigenvalue weighted by Gasteiger charge is 2.25. The summed E-state index contributed by atoms with van der Waals surface area (Å²) >= 11 is 0. The van der Waals surface area contributed by atoms with Crippen molar-refractivity contribution in [2.75, 3.05) is 0 Å². The van der Waals surface area contributed by atoms with E-state index in [4.69, 9.17) is 4.42 Å². The molecule has 2 aromatic rings. The van der Waals surface area contributed by atoms with Gasteiger partial charge in [0.25, 0.3) is 0 Å². The summed E-state index contributed by atoms with van der Waals surface area (Å²) < 4.78 is 32.9. The lowest BCUT2D eigenvalue weighted by Crippen LogP contribution is -2.40. The van der Waals surface area contributed by atoms with E-state index in [1.54, 1.807) is 45.0 Å². The minimum Gasteiger partial charge on any atom is -0.453 e. The van der Waals surface area contributed by atoms with Crippen molar-refractivity contribution in [2.24, 2.45) is 0 Å². The van der Waals surface area contributed by atoms with Crippen LogP contribution in [0.2, 0.25) is 0 Å². The number of carbonyl (C=O) groups is 1. The maximum Gasteiger partial charge on any atom is 0.241 e. The fourth-order valence-electron chi connectivity index (χ4n) is 1.92. The highest BCUT2D eigenvalue weighted by molar-refractivity contribution is 7.89. The lowest BCUT2D eigenvalue weighted by molar-refractivity contribution is 0.110. The van der Waals surface area contributed by atoms with E-state index in [1.165, 1.54) is 12.1 Å². The molecule has 5 nitrogen and oxygen atoms in total. The highest BCUT2D eigenvalue weighted by atomic mass is 32.2. The molecule has 0 amide bonds. The molecule has 1 N–H and O–H groups in total. The molecule has 2 rings (SSSR count). The summed E-state index contributed by atoms with van der Waals surface area (Å²) in [4.78, 5) is 10.8. The van der Waals surface area contributed by atoms with Crippen molar-refractivity contribution >= 4 is 16.3 Å². The number of benzene rings is 1. The zero-order chi connectivity index (χ0) is 15.7. The lowest BCUT2D eigenvalue weighted by Gasteiger charge is -2.21. The van der Waals surface area contributed by atoms with Crippen molar-refractivity contribution in [3.8, 4) is 11.3 Å². The molecule has 1 heterocycles. The molecule has 0 saturated heterocycles. The summed E-state index contributed by atoms with van der Waals surface area (Å²) in [5, 5.41) is 0. The summed E-state index contributed by atoms with van der Waals surface area (Å²) in [6.45, 7) is 5.31. The van der Waals surface area contributed by atoms with Gasteiger partial charge in [0, 0.05) is 11.1 Å². The van der Waals surface area contributed by atoms with Crippen molar-refractivity contribution in [2.45, 2.75) is 31.2 Å². The van der Waals surface area contributed by atoms with Crippen LogP contribution in [-0.2, 0) is 10.0 Å². The van der Waals surface area contributed by atoms with Crippen LogP contribution in [-0.4, -0.2) is 20.2 Å². The molecule has 0 aliphatic rings. The van der Waals surface area contributed by atoms with Gasteiger partial charge in [-0.25, -0.2) is 13.1 Å². The van der Waals surface area contributed by atoms with Gasteiger partial charge in [0.2, 0.25) is 10.0 Å². The van der Waals surface area contributed by atoms with Crippen LogP contribution in [0.3, 0.4) is 0 Å². The number of hydrogen-bond acceptors (Lipinski definition) is 4. The van der Waals surface area contributed by atoms with Crippen LogP contribution in [0.5, 0.6) is 0 Å². The van der Waals surface area contributed by atoms with Crippen molar-refractivity contribution in [1.82, 2.24) is 4.72 Å². The van der Waals surface area contributed by atoms with Crippen LogP contribution in [0.15, 0.2) is 45.7 Å². The number of sulfonamides is 1. The molecule has 6 heteroatoms. The third-order valence-electron chi connectivity index (χ3n) is 2.63. The highest BCUT2D eigenvalue weighted by Crippen LogP contribution is 2.29. The Bertz CT molecular complexity index is 754. The first kappa shape index (κ1) is 15.5. The van der Waals surface area contributed by atoms with E-state index in [0.29, 0.717) is 17.6 Å². The molecule has 21 heavy (non-hydrogen) atoms. The van der Waals surface area contributed by atoms with Gasteiger partial charge in [0.15, 0.2) is 12.0 Å². The van der Waals surface area contributed by atoms with Crippen molar-refractivity contribution in [1.29, 1.82) is 0 Å². The zero-order valence-corrected chi connectivity index (χ0v) is 12.9. The molecule has 0 atom stereocenters. The fourth-order valence-corrected chi connectivity index (χ4v) is 3.56. The molecule has 0 aliphatic carbocycles. The summed E-state index contributed by atoms with van der Waals surface area (Å²) in [7, 11) is -3.69. The van der Waals surface area contributed by atoms with Crippen LogP contribution >= 0.6 is 0 Å². The Morgan fingerprint density at radius 2 is 1.76 bits per heavy atom. The average molecular weight is 307 g/mol. The molecule has 0 aliphatic heterocycles. The van der Waals surface area contributed by atoms with Gasteiger partial charge >= 0.3 is 0 Å². The molecule has 1 aromatic heterocycles. The van der Waals surface area contributed by atoms with E-state index >= 15 is 0 Å². The van der Waals surface area contributed by atoms with Gasteiger partial charge in [-0.1, -0.05) is 12.1 Å². The molecule has 0 fully saturated rings. The van der Waals surface area contributed by atoms with Gasteiger partial charge in [-0.3, -0.25) is 4.79 Å². The SMILES string of the molecule is CC(C)(C)NS(=O)(=O)c1ccccc1-c1ccc(C=O)o1. The Balaban J connectivity index is 2.53. The second-order valence-corrected chi connectivity index (χ2v) is 7.32. The average Bonchev–Trinajstić information content (AvgIpc) is 2.84. The van der Waals surface area contributed by atoms with E-state index in [1.807, 2.05) is 0 Å². The summed E-state index contributed by atoms with van der Waals surface area (Å²) in [5.41, 5.74) is -0.175. The van der Waals surface area contributed by atoms with Gasteiger partial charge in [0.05, 0.1) is 4.90 Å². The fraction of sp³-hybridized carbons (Fsp3) is 0.267. The molecule has 112 valence electrons. The Morgan fingerprint density at radius 3 is 2.33 bits per heavy atom. The van der Waals surface area contributed by atoms with E-state index in [2.05, 4.69) is 4.72 Å². The van der Waals surface area contributed by atoms with Gasteiger partial charge in [0.1, 0.15) is 5.76 Å². The Kier molecular flexibility index (Phi) is 4.02. The normalized spacial score (nSPS) is 12.3. The number of nitrogens with one attached hydrogen (secondary N) is 1. The number of hydrogen-bond donors (Lipinski definition) is 1. The topological polar surface area (TPSA) is 76.4 Å². The lowest BCUT2D eigenvalue weighted by atomic mass is 10.1. The van der Waals surface area contributed by atoms with Gasteiger partial charge in [-0.05, 0) is 45.0 Å². The molecule has 1 aromatic carbocycles. The maximum atomic E-state index is 12.5. The van der Waals surface area contributed by atoms with E-state index < -0.39 is 15.6 Å². The van der Waals surface area contributed by atoms with Crippen LogP contribution in [0.1, 0.15) is 31.3 Å². The monoisotopic (exact) mass is 307 g/mol. The zero-order valence-electron chi connectivity index (χ0n) is 12.1. The predicted octanol–water partition coefficient (Wildman–Crippen LogP) is 2.84. The van der Waals surface area contributed by atoms with E-state index in [9.17, 15) is 13.2 Å². The molecular formula is C15H17NO4S. The van der Waals surface area contributed by atoms with Gasteiger partial charge < -0.3 is 4.42 Å². The Morgan fingerprint density at radius 1 is 1.10 bits per heavy atom. The minimum absolute atomic E-state index is 0.117. The van der Waals surface area contributed by atoms with Crippen molar-refractivity contribution in [3.05, 3.63) is 42.2 Å². The second-order valence-electron chi connectivity index (χ2n) is 5.67. The largest absolute Gasteiger partial charge is 0.453 e. The van der Waals surface area contributed by atoms with Crippen LogP contribution in [0.4, 0.5) is 0 Å². The summed E-state index contributed by atoms with van der Waals surface area (Å²) in [5.74, 6) is 0.493. The predicted molar refractivity (Wildman–Crippen MR) is 79.6 cm³/mol. The van der Waals surface area contributed by atoms with E-state index in [-0.39, 0.29) is 10.7 Å². The minimum atomic E-state index is -3.69. The van der Waals surface area contributed by atoms with Crippen LogP contribution < -0.4 is 4.72 Å². The smallest absolute Gasteiger partial charge is 0.241 e. The van der Waals surface area contributed by atoms with Crippen molar-refractivity contribution < 1.29 is 17.6 Å². The van der Waals surface area contributed by atoms with Crippen LogP contribution in [0, 0.1) is 0 Å². The first-order valence-electron chi connectivity index (χ1n) is 6.41. The molecule has 0 spiro atoms. The second kappa shape index (κ2) is 5.46. The number of rotatable bonds is 4. The first-order chi connectivity index (χ1) is 9.73. The Labute approximate surface area is 124 Å². The maximum absolute atomic E-state index is 12.5. The first-order valence-corrected chi connectivity index (χ1v) is 7.90. The van der Waals surface area contributed by atoms with Crippen LogP contribution in [0.25, 0.3) is 11.3 Å². The number of aldehydes is 1. The van der Waals surface area contributed by atoms with Gasteiger partial charge in [-0.15, -0.1) is 0 Å². The third kappa shape index (κ3) is 3.59. The molecule has 0 unspecified atom stereocenters. The molecular weight excluding hydrogens is 290 g/mol. The quantitative estimate of drug-likeness (QED) is 0.881. The molecule has 0 saturated carbocycles. The third-order valence-corrected chi connectivity index (χ3v) is 4.44. The Hall–Kier alpha value is -1.92. The van der Waals surface area contributed by atoms with Gasteiger partial charge in [-0.2, -0.15) is 0 Å². The molecule has 0 bridgehead atoms.